The van der Waals surface area contributed by atoms with Crippen molar-refractivity contribution in [2.75, 3.05) is 0 Å². The summed E-state index contributed by atoms with van der Waals surface area (Å²) < 4.78 is 0. The van der Waals surface area contributed by atoms with E-state index >= 15 is 0 Å². The summed E-state index contributed by atoms with van der Waals surface area (Å²) in [6, 6.07) is 0. The van der Waals surface area contributed by atoms with Crippen LogP contribution in [0.1, 0.15) is 39.5 Å². The Labute approximate surface area is 112 Å². The molecule has 3 atom stereocenters. The van der Waals surface area contributed by atoms with E-state index in [1.165, 1.54) is 0 Å². The fourth-order valence-electron chi connectivity index (χ4n) is 3.36. The van der Waals surface area contributed by atoms with Crippen LogP contribution in [0.4, 0.5) is 0 Å². The summed E-state index contributed by atoms with van der Waals surface area (Å²) in [4.78, 5) is 22.9. The average Bonchev–Trinajstić information content (AvgIpc) is 2.36. The Balaban J connectivity index is 2.39. The maximum absolute atomic E-state index is 11.8. The Kier molecular flexibility index (Phi) is 3.39. The van der Waals surface area contributed by atoms with Gasteiger partial charge in [-0.05, 0) is 37.7 Å². The number of aliphatic hydroxyl groups excluding tert-OH is 1. The summed E-state index contributed by atoms with van der Waals surface area (Å²) in [6.45, 7) is 7.36. The van der Waals surface area contributed by atoms with Crippen molar-refractivity contribution in [2.45, 2.75) is 45.6 Å². The highest BCUT2D eigenvalue weighted by molar-refractivity contribution is 5.97. The number of carbonyl (C=O) groups is 2. The molecule has 0 aromatic carbocycles. The van der Waals surface area contributed by atoms with E-state index in [0.29, 0.717) is 31.3 Å². The molecule has 0 aromatic heterocycles. The van der Waals surface area contributed by atoms with Crippen molar-refractivity contribution in [3.8, 4) is 0 Å². The van der Waals surface area contributed by atoms with Gasteiger partial charge in [0.1, 0.15) is 0 Å². The van der Waals surface area contributed by atoms with Crippen LogP contribution >= 0.6 is 0 Å². The molecule has 0 spiro atoms. The summed E-state index contributed by atoms with van der Waals surface area (Å²) in [5.41, 5.74) is 1.37. The van der Waals surface area contributed by atoms with Gasteiger partial charge in [0.2, 0.25) is 0 Å². The van der Waals surface area contributed by atoms with E-state index in [9.17, 15) is 14.7 Å². The predicted molar refractivity (Wildman–Crippen MR) is 70.6 cm³/mol. The summed E-state index contributed by atoms with van der Waals surface area (Å²) >= 11 is 0. The molecule has 2 aliphatic carbocycles. The number of carboxylic acid groups (broad SMARTS) is 1. The highest BCUT2D eigenvalue weighted by Crippen LogP contribution is 2.51. The van der Waals surface area contributed by atoms with E-state index < -0.39 is 12.1 Å². The second kappa shape index (κ2) is 4.60. The minimum atomic E-state index is -1.03. The van der Waals surface area contributed by atoms with E-state index in [1.54, 1.807) is 6.92 Å². The third-order valence-electron chi connectivity index (χ3n) is 4.89. The molecule has 0 unspecified atom stereocenters. The molecule has 104 valence electrons. The van der Waals surface area contributed by atoms with Gasteiger partial charge in [-0.25, -0.2) is 4.79 Å². The molecule has 19 heavy (non-hydrogen) atoms. The van der Waals surface area contributed by atoms with Crippen molar-refractivity contribution >= 4 is 11.8 Å². The summed E-state index contributed by atoms with van der Waals surface area (Å²) in [5.74, 6) is -1.20. The summed E-state index contributed by atoms with van der Waals surface area (Å²) in [5, 5.41) is 19.4. The smallest absolute Gasteiger partial charge is 0.331 e. The molecule has 4 nitrogen and oxygen atoms in total. The summed E-state index contributed by atoms with van der Waals surface area (Å²) in [6.07, 6.45) is 1.43. The third kappa shape index (κ3) is 2.14. The van der Waals surface area contributed by atoms with Crippen molar-refractivity contribution < 1.29 is 19.8 Å². The monoisotopic (exact) mass is 264 g/mol. The molecule has 0 radical (unpaired) electrons. The molecule has 4 heteroatoms. The number of ketones is 1. The Hall–Kier alpha value is -1.42. The average molecular weight is 264 g/mol. The number of carbonyl (C=O) groups excluding carboxylic acids is 1. The van der Waals surface area contributed by atoms with Crippen molar-refractivity contribution in [2.24, 2.45) is 11.3 Å². The van der Waals surface area contributed by atoms with Crippen LogP contribution < -0.4 is 0 Å². The van der Waals surface area contributed by atoms with Crippen LogP contribution in [0.2, 0.25) is 0 Å². The maximum atomic E-state index is 11.8. The number of fused-ring (bicyclic) bond motifs is 1. The van der Waals surface area contributed by atoms with E-state index in [0.717, 1.165) is 5.57 Å². The fraction of sp³-hybridized carbons (Fsp3) is 0.600. The quantitative estimate of drug-likeness (QED) is 0.749. The number of Topliss-reactive ketones (excluding diaryl/α,β-unsaturated/α-hetero) is 1. The van der Waals surface area contributed by atoms with Crippen LogP contribution in [0.15, 0.2) is 23.3 Å². The number of hydrogen-bond acceptors (Lipinski definition) is 3. The van der Waals surface area contributed by atoms with Gasteiger partial charge in [-0.15, -0.1) is 0 Å². The van der Waals surface area contributed by atoms with Gasteiger partial charge in [0, 0.05) is 17.4 Å². The lowest BCUT2D eigenvalue weighted by Crippen LogP contribution is -2.44. The zero-order chi connectivity index (χ0) is 14.4. The normalized spacial score (nSPS) is 35.0. The number of hydrogen-bond donors (Lipinski definition) is 2. The molecule has 2 N–H and O–H groups in total. The Morgan fingerprint density at radius 1 is 1.47 bits per heavy atom. The molecule has 0 aliphatic heterocycles. The van der Waals surface area contributed by atoms with Crippen LogP contribution in [0.5, 0.6) is 0 Å². The molecular formula is C15H20O4. The highest BCUT2D eigenvalue weighted by atomic mass is 16.4. The van der Waals surface area contributed by atoms with Crippen molar-refractivity contribution in [3.05, 3.63) is 23.3 Å². The van der Waals surface area contributed by atoms with E-state index in [2.05, 4.69) is 6.58 Å². The van der Waals surface area contributed by atoms with Gasteiger partial charge in [0.05, 0.1) is 6.10 Å². The van der Waals surface area contributed by atoms with Crippen LogP contribution in [0.25, 0.3) is 0 Å². The minimum Gasteiger partial charge on any atom is -0.478 e. The molecule has 2 rings (SSSR count). The zero-order valence-electron chi connectivity index (χ0n) is 11.4. The minimum absolute atomic E-state index is 0.112. The Bertz CT molecular complexity index is 488. The lowest BCUT2D eigenvalue weighted by Gasteiger charge is -2.47. The van der Waals surface area contributed by atoms with Crippen molar-refractivity contribution in [1.29, 1.82) is 0 Å². The molecule has 0 heterocycles. The van der Waals surface area contributed by atoms with Crippen LogP contribution in [-0.4, -0.2) is 28.1 Å². The number of carboxylic acids is 1. The second-order valence-corrected chi connectivity index (χ2v) is 5.93. The van der Waals surface area contributed by atoms with Gasteiger partial charge in [0.25, 0.3) is 0 Å². The van der Waals surface area contributed by atoms with Gasteiger partial charge in [-0.2, -0.15) is 0 Å². The molecule has 0 saturated heterocycles. The largest absolute Gasteiger partial charge is 0.478 e. The highest BCUT2D eigenvalue weighted by Gasteiger charge is 2.47. The van der Waals surface area contributed by atoms with Crippen LogP contribution in [0, 0.1) is 11.3 Å². The van der Waals surface area contributed by atoms with Crippen LogP contribution in [-0.2, 0) is 9.59 Å². The molecule has 0 bridgehead atoms. The molecule has 1 saturated carbocycles. The first kappa shape index (κ1) is 14.0. The number of aliphatic carboxylic acids is 1. The van der Waals surface area contributed by atoms with Crippen molar-refractivity contribution in [3.63, 3.8) is 0 Å². The molecule has 0 amide bonds. The Morgan fingerprint density at radius 3 is 2.68 bits per heavy atom. The topological polar surface area (TPSA) is 74.6 Å². The first-order chi connectivity index (χ1) is 8.77. The van der Waals surface area contributed by atoms with Gasteiger partial charge in [-0.1, -0.05) is 19.1 Å². The molecule has 0 aromatic rings. The standard InChI is InChI=1S/C15H20O4/c1-8(14(18)19)10-6-11-9(2)12(16)4-5-15(11,3)13(17)7-10/h10,13,17H,1,4-7H2,2-3H3,(H,18,19)/t10-,13-,15-/m0/s1. The molecule has 2 aliphatic rings. The zero-order valence-corrected chi connectivity index (χ0v) is 11.4. The predicted octanol–water partition coefficient (Wildman–Crippen LogP) is 2.08. The van der Waals surface area contributed by atoms with Gasteiger partial charge >= 0.3 is 5.97 Å². The van der Waals surface area contributed by atoms with E-state index in [1.807, 2.05) is 6.92 Å². The number of allylic oxidation sites excluding steroid dienone is 1. The summed E-state index contributed by atoms with van der Waals surface area (Å²) in [7, 11) is 0. The van der Waals surface area contributed by atoms with Gasteiger partial charge in [0.15, 0.2) is 5.78 Å². The van der Waals surface area contributed by atoms with E-state index in [4.69, 9.17) is 5.11 Å². The fourth-order valence-corrected chi connectivity index (χ4v) is 3.36. The van der Waals surface area contributed by atoms with E-state index in [-0.39, 0.29) is 22.7 Å². The molecular weight excluding hydrogens is 244 g/mol. The lowest BCUT2D eigenvalue weighted by atomic mass is 9.59. The maximum Gasteiger partial charge on any atom is 0.331 e. The van der Waals surface area contributed by atoms with Gasteiger partial charge in [-0.3, -0.25) is 4.79 Å². The Morgan fingerprint density at radius 2 is 2.11 bits per heavy atom. The van der Waals surface area contributed by atoms with Crippen LogP contribution in [0.3, 0.4) is 0 Å². The second-order valence-electron chi connectivity index (χ2n) is 5.93. The van der Waals surface area contributed by atoms with Crippen molar-refractivity contribution in [1.82, 2.24) is 0 Å². The SMILES string of the molecule is C=C(C(=O)O)[C@H]1CC2=C(C)C(=O)CC[C@]2(C)[C@@H](O)C1. The van der Waals surface area contributed by atoms with Gasteiger partial charge < -0.3 is 10.2 Å². The number of aliphatic hydroxyl groups is 1. The first-order valence-corrected chi connectivity index (χ1v) is 6.61. The molecule has 1 fully saturated rings. The first-order valence-electron chi connectivity index (χ1n) is 6.61. The lowest BCUT2D eigenvalue weighted by molar-refractivity contribution is -0.133. The third-order valence-corrected chi connectivity index (χ3v) is 4.89. The number of rotatable bonds is 2.